The van der Waals surface area contributed by atoms with Gasteiger partial charge >= 0.3 is 0 Å². The number of aryl methyl sites for hydroxylation is 1. The maximum Gasteiger partial charge on any atom is 0.224 e. The van der Waals surface area contributed by atoms with E-state index < -0.39 is 0 Å². The Bertz CT molecular complexity index is 644. The van der Waals surface area contributed by atoms with Gasteiger partial charge in [0.15, 0.2) is 0 Å². The molecule has 0 atom stereocenters. The molecular formula is C17H22N2O3. The maximum absolute atomic E-state index is 12.1. The van der Waals surface area contributed by atoms with Gasteiger partial charge < -0.3 is 14.5 Å². The lowest BCUT2D eigenvalue weighted by Crippen LogP contribution is -2.41. The van der Waals surface area contributed by atoms with Gasteiger partial charge in [0.1, 0.15) is 5.58 Å². The lowest BCUT2D eigenvalue weighted by Gasteiger charge is -2.26. The summed E-state index contributed by atoms with van der Waals surface area (Å²) in [6, 6.07) is 6.05. The summed E-state index contributed by atoms with van der Waals surface area (Å²) >= 11 is 0. The lowest BCUT2D eigenvalue weighted by molar-refractivity contribution is -0.120. The molecule has 2 aromatic rings. The Morgan fingerprint density at radius 1 is 1.32 bits per heavy atom. The number of amides is 1. The van der Waals surface area contributed by atoms with Crippen molar-refractivity contribution in [1.82, 2.24) is 10.2 Å². The molecule has 1 amide bonds. The summed E-state index contributed by atoms with van der Waals surface area (Å²) in [7, 11) is 0. The molecule has 22 heavy (non-hydrogen) atoms. The van der Waals surface area contributed by atoms with E-state index >= 15 is 0 Å². The van der Waals surface area contributed by atoms with Gasteiger partial charge in [0.25, 0.3) is 0 Å². The zero-order valence-electron chi connectivity index (χ0n) is 12.9. The summed E-state index contributed by atoms with van der Waals surface area (Å²) in [4.78, 5) is 14.4. The first-order chi connectivity index (χ1) is 10.7. The van der Waals surface area contributed by atoms with Gasteiger partial charge in [-0.2, -0.15) is 0 Å². The van der Waals surface area contributed by atoms with Crippen molar-refractivity contribution >= 4 is 16.9 Å². The van der Waals surface area contributed by atoms with Crippen LogP contribution in [-0.2, 0) is 16.0 Å². The number of benzene rings is 1. The van der Waals surface area contributed by atoms with Crippen molar-refractivity contribution in [3.63, 3.8) is 0 Å². The number of morpholine rings is 1. The SMILES string of the molecule is Cc1ccc2c(CC(=O)NCCN3CCOCC3)coc2c1. The number of nitrogens with one attached hydrogen (secondary N) is 1. The summed E-state index contributed by atoms with van der Waals surface area (Å²) in [5, 5.41) is 4.00. The van der Waals surface area contributed by atoms with Crippen molar-refractivity contribution in [3.05, 3.63) is 35.6 Å². The zero-order chi connectivity index (χ0) is 15.4. The molecule has 0 unspecified atom stereocenters. The van der Waals surface area contributed by atoms with E-state index in [1.54, 1.807) is 6.26 Å². The fourth-order valence-corrected chi connectivity index (χ4v) is 2.74. The molecule has 5 nitrogen and oxygen atoms in total. The van der Waals surface area contributed by atoms with E-state index in [4.69, 9.17) is 9.15 Å². The van der Waals surface area contributed by atoms with Gasteiger partial charge in [-0.25, -0.2) is 0 Å². The summed E-state index contributed by atoms with van der Waals surface area (Å²) in [5.41, 5.74) is 2.94. The molecule has 3 rings (SSSR count). The summed E-state index contributed by atoms with van der Waals surface area (Å²) in [5.74, 6) is 0.0385. The molecule has 1 aromatic heterocycles. The quantitative estimate of drug-likeness (QED) is 0.914. The second kappa shape index (κ2) is 6.94. The molecule has 118 valence electrons. The highest BCUT2D eigenvalue weighted by Gasteiger charge is 2.12. The van der Waals surface area contributed by atoms with E-state index in [1.807, 2.05) is 25.1 Å². The van der Waals surface area contributed by atoms with Crippen LogP contribution in [-0.4, -0.2) is 50.2 Å². The van der Waals surface area contributed by atoms with Crippen LogP contribution in [0.2, 0.25) is 0 Å². The zero-order valence-corrected chi connectivity index (χ0v) is 12.9. The average molecular weight is 302 g/mol. The van der Waals surface area contributed by atoms with Crippen LogP contribution in [0.1, 0.15) is 11.1 Å². The number of nitrogens with zero attached hydrogens (tertiary/aromatic N) is 1. The van der Waals surface area contributed by atoms with Gasteiger partial charge in [-0.05, 0) is 18.6 Å². The van der Waals surface area contributed by atoms with Crippen LogP contribution >= 0.6 is 0 Å². The van der Waals surface area contributed by atoms with Crippen LogP contribution in [0.4, 0.5) is 0 Å². The molecule has 0 aliphatic carbocycles. The third kappa shape index (κ3) is 3.67. The first-order valence-electron chi connectivity index (χ1n) is 7.76. The molecule has 1 aliphatic rings. The minimum Gasteiger partial charge on any atom is -0.464 e. The summed E-state index contributed by atoms with van der Waals surface area (Å²) < 4.78 is 10.8. The lowest BCUT2D eigenvalue weighted by atomic mass is 10.1. The summed E-state index contributed by atoms with van der Waals surface area (Å²) in [6.45, 7) is 7.04. The highest BCUT2D eigenvalue weighted by Crippen LogP contribution is 2.22. The van der Waals surface area contributed by atoms with E-state index in [1.165, 1.54) is 0 Å². The molecule has 0 spiro atoms. The van der Waals surface area contributed by atoms with E-state index in [0.29, 0.717) is 13.0 Å². The predicted octanol–water partition coefficient (Wildman–Crippen LogP) is 1.73. The molecule has 1 N–H and O–H groups in total. The van der Waals surface area contributed by atoms with E-state index in [0.717, 1.165) is 54.9 Å². The molecule has 1 aliphatic heterocycles. The third-order valence-electron chi connectivity index (χ3n) is 4.02. The Morgan fingerprint density at radius 3 is 2.95 bits per heavy atom. The molecule has 0 radical (unpaired) electrons. The predicted molar refractivity (Wildman–Crippen MR) is 84.9 cm³/mol. The Labute approximate surface area is 130 Å². The van der Waals surface area contributed by atoms with Gasteiger partial charge in [-0.15, -0.1) is 0 Å². The molecule has 0 bridgehead atoms. The number of hydrogen-bond acceptors (Lipinski definition) is 4. The number of hydrogen-bond donors (Lipinski definition) is 1. The molecular weight excluding hydrogens is 280 g/mol. The number of ether oxygens (including phenoxy) is 1. The molecule has 1 fully saturated rings. The monoisotopic (exact) mass is 302 g/mol. The van der Waals surface area contributed by atoms with Crippen molar-refractivity contribution in [2.24, 2.45) is 0 Å². The van der Waals surface area contributed by atoms with Crippen molar-refractivity contribution in [2.45, 2.75) is 13.3 Å². The van der Waals surface area contributed by atoms with Crippen molar-refractivity contribution in [1.29, 1.82) is 0 Å². The van der Waals surface area contributed by atoms with E-state index in [-0.39, 0.29) is 5.91 Å². The van der Waals surface area contributed by atoms with Crippen LogP contribution in [0.3, 0.4) is 0 Å². The fourth-order valence-electron chi connectivity index (χ4n) is 2.74. The normalized spacial score (nSPS) is 16.0. The second-order valence-corrected chi connectivity index (χ2v) is 5.74. The first kappa shape index (κ1) is 15.1. The third-order valence-corrected chi connectivity index (χ3v) is 4.02. The topological polar surface area (TPSA) is 54.7 Å². The van der Waals surface area contributed by atoms with Crippen molar-refractivity contribution in [2.75, 3.05) is 39.4 Å². The van der Waals surface area contributed by atoms with E-state index in [2.05, 4.69) is 10.2 Å². The Balaban J connectivity index is 1.50. The van der Waals surface area contributed by atoms with Crippen LogP contribution in [0.15, 0.2) is 28.9 Å². The molecule has 1 saturated heterocycles. The number of carbonyl (C=O) groups excluding carboxylic acids is 1. The van der Waals surface area contributed by atoms with Crippen molar-refractivity contribution < 1.29 is 13.9 Å². The minimum atomic E-state index is 0.0385. The van der Waals surface area contributed by atoms with Crippen LogP contribution in [0.25, 0.3) is 11.0 Å². The van der Waals surface area contributed by atoms with Crippen LogP contribution in [0.5, 0.6) is 0 Å². The van der Waals surface area contributed by atoms with Gasteiger partial charge in [-0.1, -0.05) is 12.1 Å². The molecule has 1 aromatic carbocycles. The fraction of sp³-hybridized carbons (Fsp3) is 0.471. The number of rotatable bonds is 5. The smallest absolute Gasteiger partial charge is 0.224 e. The Morgan fingerprint density at radius 2 is 2.14 bits per heavy atom. The first-order valence-corrected chi connectivity index (χ1v) is 7.76. The van der Waals surface area contributed by atoms with Gasteiger partial charge in [0.05, 0.1) is 25.9 Å². The van der Waals surface area contributed by atoms with Crippen LogP contribution in [0, 0.1) is 6.92 Å². The molecule has 5 heteroatoms. The van der Waals surface area contributed by atoms with Gasteiger partial charge in [0.2, 0.25) is 5.91 Å². The Hall–Kier alpha value is -1.85. The number of carbonyl (C=O) groups is 1. The molecule has 0 saturated carbocycles. The van der Waals surface area contributed by atoms with Crippen LogP contribution < -0.4 is 5.32 Å². The van der Waals surface area contributed by atoms with Gasteiger partial charge in [-0.3, -0.25) is 9.69 Å². The maximum atomic E-state index is 12.1. The standard InChI is InChI=1S/C17H22N2O3/c1-13-2-3-15-14(12-22-16(15)10-13)11-17(20)18-4-5-19-6-8-21-9-7-19/h2-3,10,12H,4-9,11H2,1H3,(H,18,20). The molecule has 2 heterocycles. The highest BCUT2D eigenvalue weighted by molar-refractivity contribution is 5.87. The average Bonchev–Trinajstić information content (AvgIpc) is 2.90. The second-order valence-electron chi connectivity index (χ2n) is 5.74. The van der Waals surface area contributed by atoms with Gasteiger partial charge in [0, 0.05) is 37.1 Å². The largest absolute Gasteiger partial charge is 0.464 e. The summed E-state index contributed by atoms with van der Waals surface area (Å²) in [6.07, 6.45) is 2.05. The highest BCUT2D eigenvalue weighted by atomic mass is 16.5. The number of fused-ring (bicyclic) bond motifs is 1. The van der Waals surface area contributed by atoms with Crippen molar-refractivity contribution in [3.8, 4) is 0 Å². The minimum absolute atomic E-state index is 0.0385. The Kier molecular flexibility index (Phi) is 4.75. The number of furan rings is 1. The van der Waals surface area contributed by atoms with E-state index in [9.17, 15) is 4.79 Å².